The molecule has 0 N–H and O–H groups in total. The molecule has 2 aliphatic heterocycles. The Morgan fingerprint density at radius 1 is 0.818 bits per heavy atom. The molecule has 0 bridgehead atoms. The molecule has 2 amide bonds. The third-order valence-corrected chi connectivity index (χ3v) is 6.59. The number of amides is 2. The Balaban J connectivity index is 1.82. The van der Waals surface area contributed by atoms with Crippen LogP contribution in [0.5, 0.6) is 11.5 Å². The summed E-state index contributed by atoms with van der Waals surface area (Å²) >= 11 is 0. The summed E-state index contributed by atoms with van der Waals surface area (Å²) in [7, 11) is 3.09. The second-order valence-corrected chi connectivity index (χ2v) is 8.46. The zero-order valence-corrected chi connectivity index (χ0v) is 20.0. The molecule has 7 heteroatoms. The van der Waals surface area contributed by atoms with E-state index in [0.29, 0.717) is 41.5 Å². The maximum Gasteiger partial charge on any atom is 0.282 e. The van der Waals surface area contributed by atoms with Crippen molar-refractivity contribution >= 4 is 23.1 Å². The van der Waals surface area contributed by atoms with Crippen molar-refractivity contribution in [2.75, 3.05) is 51.8 Å². The highest BCUT2D eigenvalue weighted by molar-refractivity contribution is 6.45. The fourth-order valence-corrected chi connectivity index (χ4v) is 4.41. The third kappa shape index (κ3) is 4.20. The van der Waals surface area contributed by atoms with Crippen LogP contribution in [-0.2, 0) is 9.59 Å². The molecule has 0 spiro atoms. The summed E-state index contributed by atoms with van der Waals surface area (Å²) in [4.78, 5) is 33.3. The van der Waals surface area contributed by atoms with E-state index >= 15 is 0 Å². The molecule has 2 heterocycles. The van der Waals surface area contributed by atoms with Crippen molar-refractivity contribution in [1.29, 1.82) is 0 Å². The maximum absolute atomic E-state index is 13.8. The van der Waals surface area contributed by atoms with E-state index in [-0.39, 0.29) is 11.8 Å². The predicted molar refractivity (Wildman–Crippen MR) is 129 cm³/mol. The molecule has 2 aromatic rings. The highest BCUT2D eigenvalue weighted by Gasteiger charge is 2.43. The van der Waals surface area contributed by atoms with Crippen molar-refractivity contribution in [2.24, 2.45) is 0 Å². The minimum absolute atomic E-state index is 0.312. The van der Waals surface area contributed by atoms with Crippen molar-refractivity contribution in [3.05, 3.63) is 58.8 Å². The molecule has 7 nitrogen and oxygen atoms in total. The second kappa shape index (κ2) is 9.27. The summed E-state index contributed by atoms with van der Waals surface area (Å²) in [5.41, 5.74) is 4.35. The molecule has 174 valence electrons. The van der Waals surface area contributed by atoms with Gasteiger partial charge in [0.15, 0.2) is 0 Å². The van der Waals surface area contributed by atoms with Crippen LogP contribution >= 0.6 is 0 Å². The SMILES string of the molecule is CCN1CCN(C2=C(c3ccc(C)c(C)c3)C(=O)N(c3cc(OC)cc(OC)c3)C2=O)CC1. The van der Waals surface area contributed by atoms with Gasteiger partial charge in [-0.2, -0.15) is 0 Å². The van der Waals surface area contributed by atoms with Gasteiger partial charge in [0.25, 0.3) is 11.8 Å². The molecule has 0 unspecified atom stereocenters. The smallest absolute Gasteiger partial charge is 0.282 e. The number of ether oxygens (including phenoxy) is 2. The van der Waals surface area contributed by atoms with Gasteiger partial charge in [0.05, 0.1) is 25.5 Å². The summed E-state index contributed by atoms with van der Waals surface area (Å²) < 4.78 is 10.8. The molecular formula is C26H31N3O4. The maximum atomic E-state index is 13.8. The van der Waals surface area contributed by atoms with E-state index in [1.54, 1.807) is 32.4 Å². The molecule has 0 atom stereocenters. The van der Waals surface area contributed by atoms with Gasteiger partial charge in [0.1, 0.15) is 17.2 Å². The van der Waals surface area contributed by atoms with Crippen LogP contribution in [-0.4, -0.2) is 68.6 Å². The van der Waals surface area contributed by atoms with Gasteiger partial charge in [-0.1, -0.05) is 25.1 Å². The van der Waals surface area contributed by atoms with Crippen LogP contribution in [0, 0.1) is 13.8 Å². The number of hydrogen-bond donors (Lipinski definition) is 0. The third-order valence-electron chi connectivity index (χ3n) is 6.59. The van der Waals surface area contributed by atoms with Gasteiger partial charge in [-0.3, -0.25) is 9.59 Å². The molecule has 33 heavy (non-hydrogen) atoms. The molecule has 2 aliphatic rings. The fourth-order valence-electron chi connectivity index (χ4n) is 4.41. The largest absolute Gasteiger partial charge is 0.497 e. The lowest BCUT2D eigenvalue weighted by atomic mass is 9.99. The highest BCUT2D eigenvalue weighted by atomic mass is 16.5. The Morgan fingerprint density at radius 3 is 2.00 bits per heavy atom. The number of piperazine rings is 1. The topological polar surface area (TPSA) is 62.3 Å². The van der Waals surface area contributed by atoms with E-state index in [2.05, 4.69) is 16.7 Å². The Labute approximate surface area is 195 Å². The molecule has 1 fully saturated rings. The molecular weight excluding hydrogens is 418 g/mol. The Kier molecular flexibility index (Phi) is 6.42. The van der Waals surface area contributed by atoms with Crippen LogP contribution in [0.25, 0.3) is 5.57 Å². The number of imide groups is 1. The van der Waals surface area contributed by atoms with Crippen molar-refractivity contribution in [3.8, 4) is 11.5 Å². The van der Waals surface area contributed by atoms with Gasteiger partial charge in [0, 0.05) is 44.4 Å². The van der Waals surface area contributed by atoms with Gasteiger partial charge in [-0.15, -0.1) is 0 Å². The zero-order valence-electron chi connectivity index (χ0n) is 20.0. The van der Waals surface area contributed by atoms with Gasteiger partial charge in [0.2, 0.25) is 0 Å². The monoisotopic (exact) mass is 449 g/mol. The van der Waals surface area contributed by atoms with Crippen LogP contribution in [0.15, 0.2) is 42.1 Å². The minimum atomic E-state index is -0.327. The number of nitrogens with zero attached hydrogens (tertiary/aromatic N) is 3. The van der Waals surface area contributed by atoms with E-state index in [4.69, 9.17) is 9.47 Å². The molecule has 4 rings (SSSR count). The normalized spacial score (nSPS) is 17.2. The average Bonchev–Trinajstić information content (AvgIpc) is 3.10. The fraction of sp³-hybridized carbons (Fsp3) is 0.385. The molecule has 2 aromatic carbocycles. The van der Waals surface area contributed by atoms with Crippen LogP contribution in [0.4, 0.5) is 5.69 Å². The van der Waals surface area contributed by atoms with Crippen LogP contribution in [0.2, 0.25) is 0 Å². The minimum Gasteiger partial charge on any atom is -0.497 e. The first-order valence-corrected chi connectivity index (χ1v) is 11.3. The number of carbonyl (C=O) groups excluding carboxylic acids is 2. The molecule has 0 aliphatic carbocycles. The summed E-state index contributed by atoms with van der Waals surface area (Å²) in [6, 6.07) is 11.0. The standard InChI is InChI=1S/C26H31N3O4/c1-6-27-9-11-28(12-10-27)24-23(19-8-7-17(2)18(3)13-19)25(30)29(26(24)31)20-14-21(32-4)16-22(15-20)33-5/h7-8,13-16H,6,9-12H2,1-5H3. The summed E-state index contributed by atoms with van der Waals surface area (Å²) in [6.07, 6.45) is 0. The number of anilines is 1. The number of benzene rings is 2. The van der Waals surface area contributed by atoms with E-state index in [1.807, 2.05) is 32.0 Å². The lowest BCUT2D eigenvalue weighted by molar-refractivity contribution is -0.120. The van der Waals surface area contributed by atoms with Crippen molar-refractivity contribution in [3.63, 3.8) is 0 Å². The van der Waals surface area contributed by atoms with Gasteiger partial charge < -0.3 is 19.3 Å². The first-order valence-electron chi connectivity index (χ1n) is 11.3. The summed E-state index contributed by atoms with van der Waals surface area (Å²) in [6.45, 7) is 10.3. The van der Waals surface area contributed by atoms with E-state index in [9.17, 15) is 9.59 Å². The van der Waals surface area contributed by atoms with E-state index in [0.717, 1.165) is 36.3 Å². The molecule has 1 saturated heterocycles. The van der Waals surface area contributed by atoms with Crippen molar-refractivity contribution in [1.82, 2.24) is 9.80 Å². The van der Waals surface area contributed by atoms with E-state index < -0.39 is 0 Å². The molecule has 0 radical (unpaired) electrons. The number of likely N-dealkylation sites (N-methyl/N-ethyl adjacent to an activating group) is 1. The predicted octanol–water partition coefficient (Wildman–Crippen LogP) is 3.24. The van der Waals surface area contributed by atoms with Gasteiger partial charge in [-0.25, -0.2) is 4.90 Å². The van der Waals surface area contributed by atoms with Crippen LogP contribution in [0.3, 0.4) is 0 Å². The Hall–Kier alpha value is -3.32. The number of methoxy groups -OCH3 is 2. The molecule has 0 aromatic heterocycles. The van der Waals surface area contributed by atoms with Gasteiger partial charge in [-0.05, 0) is 37.1 Å². The molecule has 0 saturated carbocycles. The average molecular weight is 450 g/mol. The Morgan fingerprint density at radius 2 is 1.45 bits per heavy atom. The van der Waals surface area contributed by atoms with Crippen molar-refractivity contribution < 1.29 is 19.1 Å². The number of rotatable bonds is 6. The highest BCUT2D eigenvalue weighted by Crippen LogP contribution is 2.38. The second-order valence-electron chi connectivity index (χ2n) is 8.46. The van der Waals surface area contributed by atoms with Crippen LogP contribution in [0.1, 0.15) is 23.6 Å². The lowest BCUT2D eigenvalue weighted by Crippen LogP contribution is -2.47. The number of hydrogen-bond acceptors (Lipinski definition) is 6. The first kappa shape index (κ1) is 22.9. The lowest BCUT2D eigenvalue weighted by Gasteiger charge is -2.36. The number of carbonyl (C=O) groups is 2. The summed E-state index contributed by atoms with van der Waals surface area (Å²) in [5, 5.41) is 0. The Bertz CT molecular complexity index is 1090. The number of aryl methyl sites for hydroxylation is 2. The zero-order chi connectivity index (χ0) is 23.7. The van der Waals surface area contributed by atoms with Crippen LogP contribution < -0.4 is 14.4 Å². The first-order chi connectivity index (χ1) is 15.9. The summed E-state index contributed by atoms with van der Waals surface area (Å²) in [5.74, 6) is 0.394. The van der Waals surface area contributed by atoms with Crippen molar-refractivity contribution in [2.45, 2.75) is 20.8 Å². The quantitative estimate of drug-likeness (QED) is 0.631. The van der Waals surface area contributed by atoms with E-state index in [1.165, 1.54) is 4.90 Å². The van der Waals surface area contributed by atoms with Gasteiger partial charge >= 0.3 is 0 Å².